The zero-order valence-electron chi connectivity index (χ0n) is 19.6. The third kappa shape index (κ3) is 4.58. The van der Waals surface area contributed by atoms with E-state index in [0.717, 1.165) is 44.5 Å². The number of hydrogen-bond acceptors (Lipinski definition) is 6. The van der Waals surface area contributed by atoms with Crippen molar-refractivity contribution in [2.24, 2.45) is 4.99 Å². The Labute approximate surface area is 208 Å². The summed E-state index contributed by atoms with van der Waals surface area (Å²) >= 11 is 8.55. The molecule has 1 aromatic carbocycles. The van der Waals surface area contributed by atoms with Crippen LogP contribution in [0.15, 0.2) is 29.5 Å². The van der Waals surface area contributed by atoms with E-state index in [-0.39, 0.29) is 12.0 Å². The first kappa shape index (κ1) is 23.3. The van der Waals surface area contributed by atoms with Crippen molar-refractivity contribution < 1.29 is 9.53 Å². The number of benzene rings is 1. The normalized spacial score (nSPS) is 18.6. The lowest BCUT2D eigenvalue weighted by atomic mass is 10.2. The van der Waals surface area contributed by atoms with Gasteiger partial charge in [0.1, 0.15) is 10.7 Å². The minimum atomic E-state index is -0.325. The van der Waals surface area contributed by atoms with E-state index in [2.05, 4.69) is 33.5 Å². The number of halogens is 1. The summed E-state index contributed by atoms with van der Waals surface area (Å²) in [4.78, 5) is 25.1. The van der Waals surface area contributed by atoms with E-state index in [1.165, 1.54) is 25.7 Å². The molecule has 34 heavy (non-hydrogen) atoms. The van der Waals surface area contributed by atoms with Crippen molar-refractivity contribution in [3.8, 4) is 0 Å². The number of aliphatic imine (C=N–C) groups is 1. The highest BCUT2D eigenvalue weighted by Gasteiger charge is 2.26. The molecular formula is C25H30ClN5O2S. The quantitative estimate of drug-likeness (QED) is 0.382. The van der Waals surface area contributed by atoms with Crippen molar-refractivity contribution >= 4 is 51.0 Å². The number of anilines is 1. The Hall–Kier alpha value is -2.45. The fourth-order valence-electron chi connectivity index (χ4n) is 4.85. The highest BCUT2D eigenvalue weighted by molar-refractivity contribution is 8.14. The minimum absolute atomic E-state index is 0.149. The van der Waals surface area contributed by atoms with Crippen LogP contribution in [0.5, 0.6) is 0 Å². The van der Waals surface area contributed by atoms with E-state index < -0.39 is 0 Å². The van der Waals surface area contributed by atoms with E-state index in [4.69, 9.17) is 21.3 Å². The number of aromatic amines is 1. The highest BCUT2D eigenvalue weighted by Crippen LogP contribution is 2.37. The van der Waals surface area contributed by atoms with Gasteiger partial charge in [-0.3, -0.25) is 4.99 Å². The molecule has 0 spiro atoms. The maximum Gasteiger partial charge on any atom is 0.356 e. The summed E-state index contributed by atoms with van der Waals surface area (Å²) in [5.41, 5.74) is 4.28. The molecule has 0 unspecified atom stereocenters. The molecule has 180 valence electrons. The van der Waals surface area contributed by atoms with E-state index in [1.807, 2.05) is 18.4 Å². The number of carbonyl (C=O) groups excluding carboxylic acids is 1. The molecule has 7 nitrogen and oxygen atoms in total. The molecule has 1 saturated carbocycles. The molecule has 2 aliphatic rings. The third-order valence-corrected chi connectivity index (χ3v) is 8.13. The number of esters is 1. The Morgan fingerprint density at radius 1 is 1.35 bits per heavy atom. The van der Waals surface area contributed by atoms with Crippen LogP contribution in [0.3, 0.4) is 0 Å². The Morgan fingerprint density at radius 3 is 2.97 bits per heavy atom. The van der Waals surface area contributed by atoms with Gasteiger partial charge in [0.25, 0.3) is 0 Å². The molecule has 5 rings (SSSR count). The summed E-state index contributed by atoms with van der Waals surface area (Å²) < 4.78 is 7.07. The lowest BCUT2D eigenvalue weighted by molar-refractivity contribution is 0.0512. The van der Waals surface area contributed by atoms with Gasteiger partial charge in [-0.2, -0.15) is 0 Å². The van der Waals surface area contributed by atoms with Gasteiger partial charge in [-0.1, -0.05) is 36.6 Å². The molecule has 0 radical (unpaired) electrons. The van der Waals surface area contributed by atoms with Gasteiger partial charge in [0, 0.05) is 23.7 Å². The van der Waals surface area contributed by atoms with Crippen molar-refractivity contribution in [2.75, 3.05) is 17.7 Å². The molecule has 2 aromatic heterocycles. The van der Waals surface area contributed by atoms with Crippen molar-refractivity contribution in [3.63, 3.8) is 0 Å². The van der Waals surface area contributed by atoms with Crippen LogP contribution in [-0.2, 0) is 11.3 Å². The smallest absolute Gasteiger partial charge is 0.356 e. The fourth-order valence-corrected chi connectivity index (χ4v) is 6.31. The Bertz CT molecular complexity index is 1230. The SMILES string of the molecule is CCOC(=O)c1c(C)ncn1CC[C@@H]1CSC(c2[nH]c3c(NC4CCCC4)cccc3c2Cl)=N1. The monoisotopic (exact) mass is 499 g/mol. The van der Waals surface area contributed by atoms with Gasteiger partial charge in [-0.25, -0.2) is 9.78 Å². The standard InChI is InChI=1S/C25H30ClN5O2S/c1-3-33-25(32)23-15(2)27-14-31(23)12-11-17-13-34-24(29-17)22-20(26)18-9-6-10-19(21(18)30-22)28-16-7-4-5-8-16/h6,9-10,14,16-17,28,30H,3-5,7-8,11-13H2,1-2H3/t17-/m1/s1. The van der Waals surface area contributed by atoms with Crippen LogP contribution in [0.1, 0.15) is 60.9 Å². The molecule has 1 atom stereocenters. The number of nitrogens with zero attached hydrogens (tertiary/aromatic N) is 3. The predicted octanol–water partition coefficient (Wildman–Crippen LogP) is 5.81. The first-order valence-corrected chi connectivity index (χ1v) is 13.4. The molecule has 2 N–H and O–H groups in total. The van der Waals surface area contributed by atoms with Gasteiger partial charge < -0.3 is 19.6 Å². The van der Waals surface area contributed by atoms with Gasteiger partial charge in [-0.15, -0.1) is 11.8 Å². The van der Waals surface area contributed by atoms with Gasteiger partial charge in [-0.05, 0) is 39.2 Å². The molecule has 3 heterocycles. The molecule has 0 amide bonds. The zero-order chi connectivity index (χ0) is 23.7. The second kappa shape index (κ2) is 10.0. The maximum absolute atomic E-state index is 12.3. The highest BCUT2D eigenvalue weighted by atomic mass is 35.5. The average Bonchev–Trinajstić information content (AvgIpc) is 3.61. The molecule has 9 heteroatoms. The molecule has 1 fully saturated rings. The lowest BCUT2D eigenvalue weighted by Gasteiger charge is -2.14. The second-order valence-corrected chi connectivity index (χ2v) is 10.3. The summed E-state index contributed by atoms with van der Waals surface area (Å²) in [5, 5.41) is 6.41. The first-order chi connectivity index (χ1) is 16.5. The van der Waals surface area contributed by atoms with Gasteiger partial charge >= 0.3 is 5.97 Å². The number of ether oxygens (including phenoxy) is 1. The van der Waals surface area contributed by atoms with E-state index in [0.29, 0.717) is 30.6 Å². The number of rotatable bonds is 8. The number of aromatic nitrogens is 3. The molecule has 0 bridgehead atoms. The second-order valence-electron chi connectivity index (χ2n) is 8.95. The summed E-state index contributed by atoms with van der Waals surface area (Å²) in [6.07, 6.45) is 7.54. The number of H-pyrrole nitrogens is 1. The number of carbonyl (C=O) groups is 1. The number of fused-ring (bicyclic) bond motifs is 1. The summed E-state index contributed by atoms with van der Waals surface area (Å²) in [5.74, 6) is 0.561. The van der Waals surface area contributed by atoms with E-state index in [9.17, 15) is 4.79 Å². The number of hydrogen-bond donors (Lipinski definition) is 2. The average molecular weight is 500 g/mol. The van der Waals surface area contributed by atoms with Crippen LogP contribution in [0, 0.1) is 6.92 Å². The largest absolute Gasteiger partial charge is 0.461 e. The molecular weight excluding hydrogens is 470 g/mol. The Kier molecular flexibility index (Phi) is 6.88. The summed E-state index contributed by atoms with van der Waals surface area (Å²) in [6, 6.07) is 6.93. The molecule has 1 aliphatic heterocycles. The van der Waals surface area contributed by atoms with Crippen molar-refractivity contribution in [3.05, 3.63) is 46.6 Å². The van der Waals surface area contributed by atoms with Gasteiger partial charge in [0.15, 0.2) is 0 Å². The molecule has 0 saturated heterocycles. The van der Waals surface area contributed by atoms with E-state index in [1.54, 1.807) is 18.1 Å². The minimum Gasteiger partial charge on any atom is -0.461 e. The van der Waals surface area contributed by atoms with E-state index >= 15 is 0 Å². The van der Waals surface area contributed by atoms with Crippen LogP contribution in [0.25, 0.3) is 10.9 Å². The summed E-state index contributed by atoms with van der Waals surface area (Å²) in [7, 11) is 0. The van der Waals surface area contributed by atoms with Gasteiger partial charge in [0.05, 0.1) is 46.6 Å². The van der Waals surface area contributed by atoms with Crippen LogP contribution in [0.2, 0.25) is 5.02 Å². The van der Waals surface area contributed by atoms with Crippen LogP contribution >= 0.6 is 23.4 Å². The Morgan fingerprint density at radius 2 is 2.18 bits per heavy atom. The Balaban J connectivity index is 1.32. The van der Waals surface area contributed by atoms with Crippen molar-refractivity contribution in [1.29, 1.82) is 0 Å². The number of nitrogens with one attached hydrogen (secondary N) is 2. The topological polar surface area (TPSA) is 84.3 Å². The molecule has 3 aromatic rings. The number of imidazole rings is 1. The lowest BCUT2D eigenvalue weighted by Crippen LogP contribution is -2.16. The number of para-hydroxylation sites is 1. The summed E-state index contributed by atoms with van der Waals surface area (Å²) in [6.45, 7) is 4.65. The molecule has 1 aliphatic carbocycles. The zero-order valence-corrected chi connectivity index (χ0v) is 21.1. The maximum atomic E-state index is 12.3. The van der Waals surface area contributed by atoms with Crippen LogP contribution in [0.4, 0.5) is 5.69 Å². The van der Waals surface area contributed by atoms with Crippen LogP contribution in [-0.4, -0.2) is 50.0 Å². The van der Waals surface area contributed by atoms with Crippen molar-refractivity contribution in [1.82, 2.24) is 14.5 Å². The van der Waals surface area contributed by atoms with Gasteiger partial charge in [0.2, 0.25) is 0 Å². The third-order valence-electron chi connectivity index (χ3n) is 6.60. The number of thioether (sulfide) groups is 1. The number of aryl methyl sites for hydroxylation is 2. The predicted molar refractivity (Wildman–Crippen MR) is 140 cm³/mol. The van der Waals surface area contributed by atoms with Crippen molar-refractivity contribution in [2.45, 2.75) is 64.6 Å². The fraction of sp³-hybridized carbons (Fsp3) is 0.480. The van der Waals surface area contributed by atoms with Crippen LogP contribution < -0.4 is 5.32 Å². The first-order valence-electron chi connectivity index (χ1n) is 12.0.